The van der Waals surface area contributed by atoms with Crippen LogP contribution in [0.2, 0.25) is 0 Å². The van der Waals surface area contributed by atoms with E-state index in [0.29, 0.717) is 25.9 Å². The Morgan fingerprint density at radius 3 is 2.44 bits per heavy atom. The lowest BCUT2D eigenvalue weighted by atomic mass is 9.78. The maximum atomic E-state index is 13.4. The molecule has 1 heterocycles. The zero-order chi connectivity index (χ0) is 22.5. The van der Waals surface area contributed by atoms with Crippen LogP contribution in [0.25, 0.3) is 0 Å². The van der Waals surface area contributed by atoms with Crippen molar-refractivity contribution >= 4 is 23.5 Å². The summed E-state index contributed by atoms with van der Waals surface area (Å²) in [5.41, 5.74) is 3.13. The van der Waals surface area contributed by atoms with Crippen molar-refractivity contribution < 1.29 is 19.1 Å². The largest absolute Gasteiger partial charge is 0.455 e. The number of amides is 2. The van der Waals surface area contributed by atoms with E-state index in [2.05, 4.69) is 0 Å². The number of hydrogen-bond donors (Lipinski definition) is 0. The highest BCUT2D eigenvalue weighted by molar-refractivity contribution is 5.99. The monoisotopic (exact) mass is 434 g/mol. The summed E-state index contributed by atoms with van der Waals surface area (Å²) in [6.07, 6.45) is 3.96. The van der Waals surface area contributed by atoms with Crippen LogP contribution in [-0.4, -0.2) is 42.9 Å². The maximum Gasteiger partial charge on any atom is 0.310 e. The summed E-state index contributed by atoms with van der Waals surface area (Å²) < 4.78 is 5.41. The minimum Gasteiger partial charge on any atom is -0.455 e. The number of hydrogen-bond acceptors (Lipinski definition) is 4. The maximum absolute atomic E-state index is 13.4. The molecule has 2 atom stereocenters. The summed E-state index contributed by atoms with van der Waals surface area (Å²) in [7, 11) is 1.70. The number of anilines is 1. The molecule has 0 aromatic heterocycles. The molecular formula is C26H30N2O4. The number of esters is 1. The Labute approximate surface area is 189 Å². The van der Waals surface area contributed by atoms with Crippen molar-refractivity contribution in [1.82, 2.24) is 4.90 Å². The van der Waals surface area contributed by atoms with E-state index < -0.39 is 11.9 Å². The van der Waals surface area contributed by atoms with Crippen molar-refractivity contribution in [3.05, 3.63) is 65.7 Å². The lowest BCUT2D eigenvalue weighted by Crippen LogP contribution is -2.43. The number of carbonyl (C=O) groups is 3. The third kappa shape index (κ3) is 4.85. The molecule has 0 spiro atoms. The van der Waals surface area contributed by atoms with Crippen LogP contribution in [0.3, 0.4) is 0 Å². The zero-order valence-electron chi connectivity index (χ0n) is 18.5. The van der Waals surface area contributed by atoms with E-state index in [-0.39, 0.29) is 24.3 Å². The molecule has 1 fully saturated rings. The third-order valence-electron chi connectivity index (χ3n) is 6.57. The average molecular weight is 435 g/mol. The molecule has 6 nitrogen and oxygen atoms in total. The molecule has 2 aromatic carbocycles. The van der Waals surface area contributed by atoms with Gasteiger partial charge in [0.15, 0.2) is 6.61 Å². The normalized spacial score (nSPS) is 19.8. The molecular weight excluding hydrogens is 404 g/mol. The molecule has 1 saturated carbocycles. The Hall–Kier alpha value is -3.15. The summed E-state index contributed by atoms with van der Waals surface area (Å²) in [6, 6.07) is 17.6. The first-order valence-electron chi connectivity index (χ1n) is 11.4. The fourth-order valence-corrected chi connectivity index (χ4v) is 4.77. The second kappa shape index (κ2) is 9.98. The molecule has 168 valence electrons. The first-order chi connectivity index (χ1) is 15.5. The number of nitrogens with zero attached hydrogens (tertiary/aromatic N) is 2. The first-order valence-corrected chi connectivity index (χ1v) is 11.4. The molecule has 2 amide bonds. The van der Waals surface area contributed by atoms with Crippen LogP contribution in [-0.2, 0) is 32.1 Å². The van der Waals surface area contributed by atoms with Crippen molar-refractivity contribution in [2.24, 2.45) is 11.8 Å². The van der Waals surface area contributed by atoms with Crippen LogP contribution < -0.4 is 4.90 Å². The lowest BCUT2D eigenvalue weighted by molar-refractivity contribution is -0.159. The van der Waals surface area contributed by atoms with Crippen molar-refractivity contribution in [2.45, 2.75) is 38.6 Å². The minimum absolute atomic E-state index is 0.00382. The molecule has 2 aliphatic rings. The van der Waals surface area contributed by atoms with Gasteiger partial charge in [0.2, 0.25) is 5.91 Å². The number of para-hydroxylation sites is 1. The van der Waals surface area contributed by atoms with Crippen LogP contribution in [0.15, 0.2) is 54.6 Å². The number of carbonyl (C=O) groups excluding carboxylic acids is 3. The molecule has 1 aliphatic heterocycles. The summed E-state index contributed by atoms with van der Waals surface area (Å²) >= 11 is 0. The quantitative estimate of drug-likeness (QED) is 0.652. The van der Waals surface area contributed by atoms with Crippen molar-refractivity contribution in [1.29, 1.82) is 0 Å². The smallest absolute Gasteiger partial charge is 0.310 e. The Balaban J connectivity index is 1.35. The second-order valence-electron chi connectivity index (χ2n) is 8.71. The molecule has 32 heavy (non-hydrogen) atoms. The van der Waals surface area contributed by atoms with Crippen molar-refractivity contribution in [3.63, 3.8) is 0 Å². The molecule has 0 saturated heterocycles. The molecule has 4 rings (SSSR count). The van der Waals surface area contributed by atoms with Gasteiger partial charge in [-0.25, -0.2) is 0 Å². The van der Waals surface area contributed by atoms with Crippen LogP contribution in [0, 0.1) is 11.8 Å². The van der Waals surface area contributed by atoms with Gasteiger partial charge in [-0.05, 0) is 36.5 Å². The van der Waals surface area contributed by atoms with E-state index >= 15 is 0 Å². The highest BCUT2D eigenvalue weighted by Crippen LogP contribution is 2.36. The fourth-order valence-electron chi connectivity index (χ4n) is 4.77. The average Bonchev–Trinajstić information content (AvgIpc) is 3.26. The molecule has 1 aliphatic carbocycles. The highest BCUT2D eigenvalue weighted by Gasteiger charge is 2.40. The van der Waals surface area contributed by atoms with E-state index in [4.69, 9.17) is 4.74 Å². The van der Waals surface area contributed by atoms with Gasteiger partial charge in [-0.3, -0.25) is 14.4 Å². The number of likely N-dealkylation sites (N-methyl/N-ethyl adjacent to an activating group) is 1. The Kier molecular flexibility index (Phi) is 6.88. The third-order valence-corrected chi connectivity index (χ3v) is 6.57. The first kappa shape index (κ1) is 22.1. The van der Waals surface area contributed by atoms with Gasteiger partial charge in [0.25, 0.3) is 5.91 Å². The van der Waals surface area contributed by atoms with Crippen LogP contribution >= 0.6 is 0 Å². The predicted octanol–water partition coefficient (Wildman–Crippen LogP) is 3.58. The number of rotatable bonds is 6. The van der Waals surface area contributed by atoms with Gasteiger partial charge in [0, 0.05) is 25.8 Å². The second-order valence-corrected chi connectivity index (χ2v) is 8.71. The molecule has 0 N–H and O–H groups in total. The summed E-state index contributed by atoms with van der Waals surface area (Å²) in [4.78, 5) is 42.1. The van der Waals surface area contributed by atoms with Gasteiger partial charge in [-0.1, -0.05) is 61.4 Å². The highest BCUT2D eigenvalue weighted by atomic mass is 16.5. The summed E-state index contributed by atoms with van der Waals surface area (Å²) in [5.74, 6) is -1.56. The predicted molar refractivity (Wildman–Crippen MR) is 122 cm³/mol. The Morgan fingerprint density at radius 1 is 0.969 bits per heavy atom. The molecule has 0 radical (unpaired) electrons. The Morgan fingerprint density at radius 2 is 1.66 bits per heavy atom. The molecule has 2 unspecified atom stereocenters. The molecule has 0 bridgehead atoms. The van der Waals surface area contributed by atoms with Gasteiger partial charge in [-0.15, -0.1) is 0 Å². The fraction of sp³-hybridized carbons (Fsp3) is 0.423. The van der Waals surface area contributed by atoms with Gasteiger partial charge >= 0.3 is 5.97 Å². The van der Waals surface area contributed by atoms with Gasteiger partial charge in [-0.2, -0.15) is 0 Å². The van der Waals surface area contributed by atoms with E-state index in [9.17, 15) is 14.4 Å². The number of fused-ring (bicyclic) bond motifs is 1. The van der Waals surface area contributed by atoms with Gasteiger partial charge < -0.3 is 14.5 Å². The summed E-state index contributed by atoms with van der Waals surface area (Å²) in [6.45, 7) is 0.807. The van der Waals surface area contributed by atoms with Crippen LogP contribution in [0.1, 0.15) is 36.8 Å². The standard InChI is InChI=1S/C26H30N2O4/c1-27(17-19-9-3-2-4-10-19)24(29)18-32-26(31)22-13-7-6-12-21(22)25(30)28-16-15-20-11-5-8-14-23(20)28/h2-5,8-11,14,21-22H,6-7,12-13,15-18H2,1H3. The van der Waals surface area contributed by atoms with E-state index in [1.54, 1.807) is 11.9 Å². The van der Waals surface area contributed by atoms with Crippen molar-refractivity contribution in [3.8, 4) is 0 Å². The van der Waals surface area contributed by atoms with E-state index in [1.807, 2.05) is 59.5 Å². The number of benzene rings is 2. The summed E-state index contributed by atoms with van der Waals surface area (Å²) in [5, 5.41) is 0. The van der Waals surface area contributed by atoms with E-state index in [0.717, 1.165) is 30.5 Å². The van der Waals surface area contributed by atoms with Crippen molar-refractivity contribution in [2.75, 3.05) is 25.1 Å². The SMILES string of the molecule is CN(Cc1ccccc1)C(=O)COC(=O)C1CCCCC1C(=O)N1CCc2ccccc21. The lowest BCUT2D eigenvalue weighted by Gasteiger charge is -2.32. The van der Waals surface area contributed by atoms with E-state index in [1.165, 1.54) is 5.56 Å². The number of ether oxygens (including phenoxy) is 1. The van der Waals surface area contributed by atoms with Crippen LogP contribution in [0.5, 0.6) is 0 Å². The van der Waals surface area contributed by atoms with Gasteiger partial charge in [0.1, 0.15) is 0 Å². The zero-order valence-corrected chi connectivity index (χ0v) is 18.5. The topological polar surface area (TPSA) is 66.9 Å². The van der Waals surface area contributed by atoms with Crippen LogP contribution in [0.4, 0.5) is 5.69 Å². The Bertz CT molecular complexity index is 975. The molecule has 2 aromatic rings. The molecule has 6 heteroatoms. The minimum atomic E-state index is -0.490. The van der Waals surface area contributed by atoms with Gasteiger partial charge in [0.05, 0.1) is 11.8 Å².